The molecule has 5 rings (SSSR count). The molecular formula is C23H17ClN2O2S2. The summed E-state index contributed by atoms with van der Waals surface area (Å²) in [5.41, 5.74) is 1.91. The Morgan fingerprint density at radius 3 is 2.70 bits per heavy atom. The van der Waals surface area contributed by atoms with Crippen molar-refractivity contribution in [1.29, 1.82) is 0 Å². The molecule has 1 aliphatic heterocycles. The standard InChI is InChI=1S/C23H17ClN2O2S2/c24-17-5-1-2-7-20(17)30-21-19(27)12-23(26-22(21)28,14-9-11-29-13-14)16-4-3-6-18-15(16)8-10-25-18/h1-11,13,21,25H,12H2,(H,26,28). The lowest BCUT2D eigenvalue weighted by Crippen LogP contribution is -2.58. The number of fused-ring (bicyclic) bond motifs is 1. The van der Waals surface area contributed by atoms with E-state index in [2.05, 4.69) is 10.3 Å². The summed E-state index contributed by atoms with van der Waals surface area (Å²) in [5.74, 6) is -0.405. The Balaban J connectivity index is 1.58. The first-order valence-electron chi connectivity index (χ1n) is 9.44. The topological polar surface area (TPSA) is 62.0 Å². The maximum atomic E-state index is 13.3. The lowest BCUT2D eigenvalue weighted by Gasteiger charge is -2.40. The Hall–Kier alpha value is -2.54. The molecule has 1 amide bonds. The average molecular weight is 453 g/mol. The number of thiophene rings is 1. The second kappa shape index (κ2) is 7.61. The van der Waals surface area contributed by atoms with Gasteiger partial charge in [0, 0.05) is 28.4 Å². The van der Waals surface area contributed by atoms with Crippen LogP contribution in [0.1, 0.15) is 17.5 Å². The molecule has 7 heteroatoms. The molecule has 2 N–H and O–H groups in total. The number of Topliss-reactive ketones (excluding diaryl/α,β-unsaturated/α-hetero) is 1. The van der Waals surface area contributed by atoms with Crippen LogP contribution in [0.5, 0.6) is 0 Å². The van der Waals surface area contributed by atoms with Gasteiger partial charge in [0.25, 0.3) is 0 Å². The number of rotatable bonds is 4. The minimum Gasteiger partial charge on any atom is -0.361 e. The molecule has 1 saturated heterocycles. The number of aromatic nitrogens is 1. The molecule has 4 aromatic rings. The first kappa shape index (κ1) is 19.4. The molecule has 2 aromatic heterocycles. The fraction of sp³-hybridized carbons (Fsp3) is 0.130. The van der Waals surface area contributed by atoms with E-state index in [4.69, 9.17) is 11.6 Å². The van der Waals surface area contributed by atoms with Gasteiger partial charge in [-0.25, -0.2) is 0 Å². The van der Waals surface area contributed by atoms with Gasteiger partial charge < -0.3 is 10.3 Å². The molecule has 3 heterocycles. The van der Waals surface area contributed by atoms with Crippen LogP contribution >= 0.6 is 34.7 Å². The Bertz CT molecular complexity index is 1230. The molecule has 4 nitrogen and oxygen atoms in total. The summed E-state index contributed by atoms with van der Waals surface area (Å²) in [6, 6.07) is 17.2. The number of amides is 1. The third kappa shape index (κ3) is 3.16. The van der Waals surface area contributed by atoms with Gasteiger partial charge in [-0.3, -0.25) is 9.59 Å². The van der Waals surface area contributed by atoms with E-state index in [-0.39, 0.29) is 18.1 Å². The number of carbonyl (C=O) groups excluding carboxylic acids is 2. The number of benzene rings is 2. The van der Waals surface area contributed by atoms with Crippen molar-refractivity contribution in [2.75, 3.05) is 0 Å². The highest BCUT2D eigenvalue weighted by molar-refractivity contribution is 8.01. The van der Waals surface area contributed by atoms with E-state index < -0.39 is 10.8 Å². The van der Waals surface area contributed by atoms with E-state index in [1.807, 2.05) is 65.5 Å². The number of piperidine rings is 1. The minimum absolute atomic E-state index is 0.109. The number of ketones is 1. The molecule has 0 radical (unpaired) electrons. The molecule has 1 fully saturated rings. The summed E-state index contributed by atoms with van der Waals surface area (Å²) in [6.45, 7) is 0. The van der Waals surface area contributed by atoms with Crippen LogP contribution in [0.15, 0.2) is 76.4 Å². The summed E-state index contributed by atoms with van der Waals surface area (Å²) in [5, 5.41) is 7.89. The Morgan fingerprint density at radius 1 is 1.07 bits per heavy atom. The van der Waals surface area contributed by atoms with Gasteiger partial charge in [0.1, 0.15) is 5.25 Å². The fourth-order valence-corrected chi connectivity index (χ4v) is 6.04. The van der Waals surface area contributed by atoms with Crippen molar-refractivity contribution in [3.05, 3.63) is 87.7 Å². The van der Waals surface area contributed by atoms with Crippen molar-refractivity contribution >= 4 is 57.3 Å². The summed E-state index contributed by atoms with van der Waals surface area (Å²) in [6.07, 6.45) is 2.06. The maximum absolute atomic E-state index is 13.3. The number of carbonyl (C=O) groups is 2. The molecule has 2 atom stereocenters. The van der Waals surface area contributed by atoms with Crippen molar-refractivity contribution in [3.63, 3.8) is 0 Å². The molecule has 2 aromatic carbocycles. The smallest absolute Gasteiger partial charge is 0.242 e. The van der Waals surface area contributed by atoms with Crippen LogP contribution in [0.3, 0.4) is 0 Å². The maximum Gasteiger partial charge on any atom is 0.242 e. The monoisotopic (exact) mass is 452 g/mol. The fourth-order valence-electron chi connectivity index (χ4n) is 4.06. The third-order valence-electron chi connectivity index (χ3n) is 5.46. The normalized spacial score (nSPS) is 21.7. The molecule has 0 spiro atoms. The zero-order chi connectivity index (χ0) is 20.7. The van der Waals surface area contributed by atoms with Crippen LogP contribution in [0.25, 0.3) is 10.9 Å². The quantitative estimate of drug-likeness (QED) is 0.409. The van der Waals surface area contributed by atoms with Crippen LogP contribution in [0.2, 0.25) is 5.02 Å². The van der Waals surface area contributed by atoms with Crippen LogP contribution < -0.4 is 5.32 Å². The van der Waals surface area contributed by atoms with Crippen LogP contribution in [-0.4, -0.2) is 21.9 Å². The van der Waals surface area contributed by atoms with Gasteiger partial charge in [0.2, 0.25) is 5.91 Å². The highest BCUT2D eigenvalue weighted by atomic mass is 35.5. The lowest BCUT2D eigenvalue weighted by atomic mass is 9.76. The summed E-state index contributed by atoms with van der Waals surface area (Å²) in [4.78, 5) is 30.6. The van der Waals surface area contributed by atoms with Crippen molar-refractivity contribution in [3.8, 4) is 0 Å². The molecule has 30 heavy (non-hydrogen) atoms. The summed E-state index contributed by atoms with van der Waals surface area (Å²) < 4.78 is 0. The molecule has 0 aliphatic carbocycles. The Kier molecular flexibility index (Phi) is 4.93. The van der Waals surface area contributed by atoms with Gasteiger partial charge in [0.05, 0.1) is 10.6 Å². The summed E-state index contributed by atoms with van der Waals surface area (Å²) >= 11 is 9.02. The second-order valence-corrected chi connectivity index (χ2v) is 9.56. The van der Waals surface area contributed by atoms with Gasteiger partial charge in [-0.2, -0.15) is 11.3 Å². The lowest BCUT2D eigenvalue weighted by molar-refractivity contribution is -0.132. The molecular weight excluding hydrogens is 436 g/mol. The molecule has 1 aliphatic rings. The van der Waals surface area contributed by atoms with E-state index >= 15 is 0 Å². The van der Waals surface area contributed by atoms with Gasteiger partial charge in [-0.15, -0.1) is 11.8 Å². The van der Waals surface area contributed by atoms with Gasteiger partial charge in [-0.05, 0) is 52.2 Å². The van der Waals surface area contributed by atoms with Crippen LogP contribution in [0.4, 0.5) is 0 Å². The number of H-pyrrole nitrogens is 1. The van der Waals surface area contributed by atoms with Gasteiger partial charge >= 0.3 is 0 Å². The number of hydrogen-bond acceptors (Lipinski definition) is 4. The van der Waals surface area contributed by atoms with E-state index in [0.717, 1.165) is 26.9 Å². The first-order valence-corrected chi connectivity index (χ1v) is 11.6. The van der Waals surface area contributed by atoms with Crippen molar-refractivity contribution in [1.82, 2.24) is 10.3 Å². The van der Waals surface area contributed by atoms with Crippen molar-refractivity contribution in [2.24, 2.45) is 0 Å². The molecule has 0 saturated carbocycles. The minimum atomic E-state index is -0.895. The highest BCUT2D eigenvalue weighted by Gasteiger charge is 2.48. The Labute approximate surface area is 186 Å². The van der Waals surface area contributed by atoms with E-state index in [1.54, 1.807) is 17.4 Å². The number of hydrogen-bond donors (Lipinski definition) is 2. The first-order chi connectivity index (χ1) is 14.6. The SMILES string of the molecule is O=C1CC(c2ccsc2)(c2cccc3[nH]ccc23)NC(=O)C1Sc1ccccc1Cl. The number of halogens is 1. The largest absolute Gasteiger partial charge is 0.361 e. The number of nitrogens with one attached hydrogen (secondary N) is 2. The zero-order valence-corrected chi connectivity index (χ0v) is 18.1. The number of thioether (sulfide) groups is 1. The van der Waals surface area contributed by atoms with E-state index in [9.17, 15) is 9.59 Å². The predicted molar refractivity (Wildman–Crippen MR) is 122 cm³/mol. The van der Waals surface area contributed by atoms with Crippen molar-refractivity contribution in [2.45, 2.75) is 22.1 Å². The highest BCUT2D eigenvalue weighted by Crippen LogP contribution is 2.43. The predicted octanol–water partition coefficient (Wildman–Crippen LogP) is 5.38. The Morgan fingerprint density at radius 2 is 1.93 bits per heavy atom. The van der Waals surface area contributed by atoms with E-state index in [0.29, 0.717) is 5.02 Å². The third-order valence-corrected chi connectivity index (χ3v) is 7.90. The number of aromatic amines is 1. The van der Waals surface area contributed by atoms with Crippen LogP contribution in [-0.2, 0) is 15.1 Å². The van der Waals surface area contributed by atoms with E-state index in [1.165, 1.54) is 11.8 Å². The van der Waals surface area contributed by atoms with Gasteiger partial charge in [0.15, 0.2) is 5.78 Å². The van der Waals surface area contributed by atoms with Crippen LogP contribution in [0, 0.1) is 0 Å². The average Bonchev–Trinajstić information content (AvgIpc) is 3.43. The summed E-state index contributed by atoms with van der Waals surface area (Å²) in [7, 11) is 0. The van der Waals surface area contributed by atoms with Crippen molar-refractivity contribution < 1.29 is 9.59 Å². The molecule has 0 bridgehead atoms. The zero-order valence-electron chi connectivity index (χ0n) is 15.7. The second-order valence-electron chi connectivity index (χ2n) is 7.22. The molecule has 150 valence electrons. The molecule has 2 unspecified atom stereocenters. The van der Waals surface area contributed by atoms with Gasteiger partial charge in [-0.1, -0.05) is 35.9 Å².